The number of thioether (sulfide) groups is 1. The second-order valence-electron chi connectivity index (χ2n) is 2.77. The average molecular weight is 173 g/mol. The van der Waals surface area contributed by atoms with Gasteiger partial charge in [-0.3, -0.25) is 0 Å². The molecule has 1 unspecified atom stereocenters. The molecule has 1 atom stereocenters. The van der Waals surface area contributed by atoms with Gasteiger partial charge in [0.2, 0.25) is 0 Å². The largest absolute Gasteiger partial charge is 0.310 e. The van der Waals surface area contributed by atoms with Gasteiger partial charge in [-0.1, -0.05) is 13.8 Å². The van der Waals surface area contributed by atoms with Crippen molar-refractivity contribution in [2.75, 3.05) is 11.5 Å². The zero-order chi connectivity index (χ0) is 8.69. The van der Waals surface area contributed by atoms with Gasteiger partial charge in [-0.05, 0) is 37.2 Å². The first-order valence-electron chi connectivity index (χ1n) is 4.35. The van der Waals surface area contributed by atoms with E-state index in [2.05, 4.69) is 13.8 Å². The van der Waals surface area contributed by atoms with Crippen molar-refractivity contribution in [3.8, 4) is 0 Å². The zero-order valence-corrected chi connectivity index (χ0v) is 8.63. The van der Waals surface area contributed by atoms with Crippen LogP contribution in [0.4, 0.5) is 0 Å². The van der Waals surface area contributed by atoms with E-state index in [1.807, 2.05) is 18.7 Å². The van der Waals surface area contributed by atoms with Crippen molar-refractivity contribution in [3.05, 3.63) is 0 Å². The highest BCUT2D eigenvalue weighted by molar-refractivity contribution is 7.99. The fourth-order valence-electron chi connectivity index (χ4n) is 1.10. The zero-order valence-electron chi connectivity index (χ0n) is 7.81. The maximum absolute atomic E-state index is 7.48. The van der Waals surface area contributed by atoms with Gasteiger partial charge in [0, 0.05) is 5.71 Å². The van der Waals surface area contributed by atoms with E-state index < -0.39 is 0 Å². The van der Waals surface area contributed by atoms with Crippen LogP contribution in [0.2, 0.25) is 0 Å². The van der Waals surface area contributed by atoms with Crippen molar-refractivity contribution >= 4 is 17.5 Å². The normalized spacial score (nSPS) is 13.0. The number of rotatable bonds is 6. The summed E-state index contributed by atoms with van der Waals surface area (Å²) in [5, 5.41) is 7.48. The van der Waals surface area contributed by atoms with Gasteiger partial charge in [0.15, 0.2) is 0 Å². The SMILES string of the molecule is CCSCCC(CC)C(C)=N. The predicted octanol–water partition coefficient (Wildman–Crippen LogP) is 3.20. The van der Waals surface area contributed by atoms with Crippen molar-refractivity contribution in [3.63, 3.8) is 0 Å². The van der Waals surface area contributed by atoms with Gasteiger partial charge in [-0.15, -0.1) is 0 Å². The van der Waals surface area contributed by atoms with Crippen LogP contribution in [0.15, 0.2) is 0 Å². The van der Waals surface area contributed by atoms with E-state index in [0.29, 0.717) is 5.92 Å². The molecule has 0 aliphatic carbocycles. The fourth-order valence-corrected chi connectivity index (χ4v) is 1.84. The summed E-state index contributed by atoms with van der Waals surface area (Å²) in [7, 11) is 0. The third-order valence-electron chi connectivity index (χ3n) is 1.92. The Bertz CT molecular complexity index is 112. The third-order valence-corrected chi connectivity index (χ3v) is 2.85. The van der Waals surface area contributed by atoms with Gasteiger partial charge in [0.05, 0.1) is 0 Å². The molecule has 0 rings (SSSR count). The van der Waals surface area contributed by atoms with Crippen molar-refractivity contribution in [2.24, 2.45) is 5.92 Å². The van der Waals surface area contributed by atoms with Crippen molar-refractivity contribution < 1.29 is 0 Å². The first kappa shape index (κ1) is 11.0. The van der Waals surface area contributed by atoms with E-state index >= 15 is 0 Å². The Hall–Kier alpha value is 0.0200. The number of nitrogens with one attached hydrogen (secondary N) is 1. The fraction of sp³-hybridized carbons (Fsp3) is 0.889. The van der Waals surface area contributed by atoms with Crippen molar-refractivity contribution in [1.29, 1.82) is 5.41 Å². The van der Waals surface area contributed by atoms with Crippen LogP contribution >= 0.6 is 11.8 Å². The Morgan fingerprint density at radius 2 is 2.09 bits per heavy atom. The molecule has 0 aliphatic heterocycles. The molecule has 0 radical (unpaired) electrons. The van der Waals surface area contributed by atoms with Crippen LogP contribution in [0.25, 0.3) is 0 Å². The predicted molar refractivity (Wildman–Crippen MR) is 54.8 cm³/mol. The lowest BCUT2D eigenvalue weighted by molar-refractivity contribution is 0.642. The molecule has 66 valence electrons. The summed E-state index contributed by atoms with van der Waals surface area (Å²) < 4.78 is 0. The van der Waals surface area contributed by atoms with Gasteiger partial charge in [0.25, 0.3) is 0 Å². The summed E-state index contributed by atoms with van der Waals surface area (Å²) in [4.78, 5) is 0. The van der Waals surface area contributed by atoms with Crippen LogP contribution in [0, 0.1) is 11.3 Å². The van der Waals surface area contributed by atoms with Gasteiger partial charge in [-0.25, -0.2) is 0 Å². The quantitative estimate of drug-likeness (QED) is 0.484. The second-order valence-corrected chi connectivity index (χ2v) is 4.17. The smallest absolute Gasteiger partial charge is 0.00893 e. The van der Waals surface area contributed by atoms with Gasteiger partial charge in [0.1, 0.15) is 0 Å². The maximum atomic E-state index is 7.48. The van der Waals surface area contributed by atoms with Crippen LogP contribution in [-0.4, -0.2) is 17.2 Å². The van der Waals surface area contributed by atoms with E-state index in [0.717, 1.165) is 12.1 Å². The molecule has 0 saturated heterocycles. The highest BCUT2D eigenvalue weighted by Gasteiger charge is 2.06. The average Bonchev–Trinajstić information content (AvgIpc) is 1.97. The molecule has 0 heterocycles. The molecule has 1 N–H and O–H groups in total. The van der Waals surface area contributed by atoms with Crippen LogP contribution < -0.4 is 0 Å². The monoisotopic (exact) mass is 173 g/mol. The number of hydrogen-bond acceptors (Lipinski definition) is 2. The lowest BCUT2D eigenvalue weighted by Gasteiger charge is -2.11. The van der Waals surface area contributed by atoms with E-state index in [4.69, 9.17) is 5.41 Å². The van der Waals surface area contributed by atoms with E-state index in [9.17, 15) is 0 Å². The van der Waals surface area contributed by atoms with E-state index in [1.54, 1.807) is 0 Å². The minimum absolute atomic E-state index is 0.536. The molecule has 1 nitrogen and oxygen atoms in total. The summed E-state index contributed by atoms with van der Waals surface area (Å²) in [5.74, 6) is 2.95. The lowest BCUT2D eigenvalue weighted by Crippen LogP contribution is -2.09. The molecule has 0 aromatic heterocycles. The summed E-state index contributed by atoms with van der Waals surface area (Å²) in [6.07, 6.45) is 2.31. The first-order chi connectivity index (χ1) is 5.22. The van der Waals surface area contributed by atoms with E-state index in [-0.39, 0.29) is 0 Å². The van der Waals surface area contributed by atoms with Crippen molar-refractivity contribution in [1.82, 2.24) is 0 Å². The minimum Gasteiger partial charge on any atom is -0.310 e. The Morgan fingerprint density at radius 3 is 2.45 bits per heavy atom. The molecule has 0 aromatic carbocycles. The molecule has 11 heavy (non-hydrogen) atoms. The van der Waals surface area contributed by atoms with Crippen LogP contribution in [0.1, 0.15) is 33.6 Å². The van der Waals surface area contributed by atoms with Crippen molar-refractivity contribution in [2.45, 2.75) is 33.6 Å². The van der Waals surface area contributed by atoms with Gasteiger partial charge < -0.3 is 5.41 Å². The minimum atomic E-state index is 0.536. The number of hydrogen-bond donors (Lipinski definition) is 1. The Morgan fingerprint density at radius 1 is 1.45 bits per heavy atom. The second kappa shape index (κ2) is 6.71. The standard InChI is InChI=1S/C9H19NS/c1-4-9(8(3)10)6-7-11-5-2/h9-10H,4-7H2,1-3H3. The summed E-state index contributed by atoms with van der Waals surface area (Å²) >= 11 is 1.97. The molecule has 0 aliphatic rings. The molecule has 2 heteroatoms. The molecule has 0 fully saturated rings. The van der Waals surface area contributed by atoms with Crippen LogP contribution in [0.3, 0.4) is 0 Å². The molecule has 0 aromatic rings. The van der Waals surface area contributed by atoms with Gasteiger partial charge >= 0.3 is 0 Å². The summed E-state index contributed by atoms with van der Waals surface area (Å²) in [5.41, 5.74) is 0.851. The highest BCUT2D eigenvalue weighted by Crippen LogP contribution is 2.13. The molecule has 0 spiro atoms. The Balaban J connectivity index is 3.44. The highest BCUT2D eigenvalue weighted by atomic mass is 32.2. The van der Waals surface area contributed by atoms with Crippen LogP contribution in [0.5, 0.6) is 0 Å². The molecule has 0 bridgehead atoms. The topological polar surface area (TPSA) is 23.9 Å². The van der Waals surface area contributed by atoms with E-state index in [1.165, 1.54) is 17.9 Å². The molecular weight excluding hydrogens is 154 g/mol. The molecule has 0 amide bonds. The first-order valence-corrected chi connectivity index (χ1v) is 5.50. The lowest BCUT2D eigenvalue weighted by atomic mass is 9.99. The van der Waals surface area contributed by atoms with Gasteiger partial charge in [-0.2, -0.15) is 11.8 Å². The van der Waals surface area contributed by atoms with Crippen LogP contribution in [-0.2, 0) is 0 Å². The molecule has 0 saturated carbocycles. The summed E-state index contributed by atoms with van der Waals surface area (Å²) in [6, 6.07) is 0. The Labute approximate surface area is 74.5 Å². The maximum Gasteiger partial charge on any atom is 0.00893 e. The Kier molecular flexibility index (Phi) is 6.73. The molecular formula is C9H19NS. The summed E-state index contributed by atoms with van der Waals surface area (Å²) in [6.45, 7) is 6.27. The third kappa shape index (κ3) is 5.31.